The molecular formula is C13H9N3O2S. The lowest BCUT2D eigenvalue weighted by molar-refractivity contribution is 0.0696. The van der Waals surface area contributed by atoms with Crippen LogP contribution in [0.2, 0.25) is 0 Å². The number of para-hydroxylation sites is 2. The lowest BCUT2D eigenvalue weighted by Crippen LogP contribution is -1.96. The summed E-state index contributed by atoms with van der Waals surface area (Å²) in [5, 5.41) is 10.2. The number of H-pyrrole nitrogens is 1. The number of carboxylic acid groups (broad SMARTS) is 1. The van der Waals surface area contributed by atoms with E-state index in [1.165, 1.54) is 30.1 Å². The van der Waals surface area contributed by atoms with E-state index in [4.69, 9.17) is 5.11 Å². The fraction of sp³-hybridized carbons (Fsp3) is 0. The number of aromatic amines is 1. The first kappa shape index (κ1) is 11.7. The van der Waals surface area contributed by atoms with Crippen LogP contribution in [0.1, 0.15) is 10.4 Å². The number of hydrogen-bond acceptors (Lipinski definition) is 4. The molecule has 5 nitrogen and oxygen atoms in total. The Labute approximate surface area is 112 Å². The van der Waals surface area contributed by atoms with Gasteiger partial charge in [-0.15, -0.1) is 0 Å². The monoisotopic (exact) mass is 271 g/mol. The van der Waals surface area contributed by atoms with Crippen molar-refractivity contribution in [3.8, 4) is 0 Å². The SMILES string of the molecule is O=C(O)c1ccnc(Sc2nc3ccccc3[nH]2)c1. The molecule has 0 aliphatic heterocycles. The van der Waals surface area contributed by atoms with Crippen molar-refractivity contribution >= 4 is 28.8 Å². The molecule has 0 saturated carbocycles. The Morgan fingerprint density at radius 1 is 1.26 bits per heavy atom. The van der Waals surface area contributed by atoms with Gasteiger partial charge in [0.25, 0.3) is 0 Å². The van der Waals surface area contributed by atoms with Crippen molar-refractivity contribution in [3.63, 3.8) is 0 Å². The number of pyridine rings is 1. The first-order valence-electron chi connectivity index (χ1n) is 5.54. The van der Waals surface area contributed by atoms with E-state index in [0.717, 1.165) is 11.0 Å². The van der Waals surface area contributed by atoms with Gasteiger partial charge in [0.2, 0.25) is 0 Å². The van der Waals surface area contributed by atoms with E-state index in [0.29, 0.717) is 10.2 Å². The number of fused-ring (bicyclic) bond motifs is 1. The molecule has 0 bridgehead atoms. The Bertz CT molecular complexity index is 721. The number of nitrogens with zero attached hydrogens (tertiary/aromatic N) is 2. The van der Waals surface area contributed by atoms with Gasteiger partial charge in [-0.25, -0.2) is 14.8 Å². The van der Waals surface area contributed by atoms with Crippen LogP contribution in [0.25, 0.3) is 11.0 Å². The van der Waals surface area contributed by atoms with Gasteiger partial charge in [0.05, 0.1) is 16.6 Å². The standard InChI is InChI=1S/C13H9N3O2S/c17-12(18)8-5-6-14-11(7-8)19-13-15-9-3-1-2-4-10(9)16-13/h1-7H,(H,15,16)(H,17,18). The molecule has 0 spiro atoms. The molecule has 3 rings (SSSR count). The predicted octanol–water partition coefficient (Wildman–Crippen LogP) is 2.81. The van der Waals surface area contributed by atoms with Gasteiger partial charge in [-0.2, -0.15) is 0 Å². The van der Waals surface area contributed by atoms with Crippen molar-refractivity contribution < 1.29 is 9.90 Å². The molecule has 3 aromatic rings. The fourth-order valence-corrected chi connectivity index (χ4v) is 2.48. The predicted molar refractivity (Wildman–Crippen MR) is 71.4 cm³/mol. The van der Waals surface area contributed by atoms with Gasteiger partial charge >= 0.3 is 5.97 Å². The van der Waals surface area contributed by atoms with Gasteiger partial charge < -0.3 is 10.1 Å². The van der Waals surface area contributed by atoms with Crippen molar-refractivity contribution in [2.24, 2.45) is 0 Å². The summed E-state index contributed by atoms with van der Waals surface area (Å²) in [5.41, 5.74) is 2.03. The van der Waals surface area contributed by atoms with Crippen molar-refractivity contribution in [3.05, 3.63) is 48.2 Å². The van der Waals surface area contributed by atoms with E-state index >= 15 is 0 Å². The minimum atomic E-state index is -0.964. The second kappa shape index (κ2) is 4.74. The van der Waals surface area contributed by atoms with Crippen LogP contribution in [-0.4, -0.2) is 26.0 Å². The first-order chi connectivity index (χ1) is 9.22. The van der Waals surface area contributed by atoms with Crippen LogP contribution in [0.3, 0.4) is 0 Å². The van der Waals surface area contributed by atoms with E-state index in [2.05, 4.69) is 15.0 Å². The van der Waals surface area contributed by atoms with Gasteiger partial charge in [-0.1, -0.05) is 12.1 Å². The summed E-state index contributed by atoms with van der Waals surface area (Å²) in [6, 6.07) is 10.7. The summed E-state index contributed by atoms with van der Waals surface area (Å²) in [5.74, 6) is -0.964. The number of aromatic nitrogens is 3. The average Bonchev–Trinajstić information content (AvgIpc) is 2.81. The van der Waals surface area contributed by atoms with Crippen molar-refractivity contribution in [2.45, 2.75) is 10.2 Å². The molecule has 0 saturated heterocycles. The van der Waals surface area contributed by atoms with Crippen LogP contribution in [0.15, 0.2) is 52.8 Å². The summed E-state index contributed by atoms with van der Waals surface area (Å²) in [4.78, 5) is 22.6. The molecule has 94 valence electrons. The van der Waals surface area contributed by atoms with Gasteiger partial charge in [-0.3, -0.25) is 0 Å². The lowest BCUT2D eigenvalue weighted by atomic mass is 10.3. The number of imidazole rings is 1. The number of nitrogens with one attached hydrogen (secondary N) is 1. The van der Waals surface area contributed by atoms with E-state index in [1.807, 2.05) is 24.3 Å². The van der Waals surface area contributed by atoms with Crippen LogP contribution >= 0.6 is 11.8 Å². The Morgan fingerprint density at radius 2 is 2.11 bits per heavy atom. The maximum Gasteiger partial charge on any atom is 0.335 e. The van der Waals surface area contributed by atoms with Crippen molar-refractivity contribution in [2.75, 3.05) is 0 Å². The van der Waals surface area contributed by atoms with Gasteiger partial charge in [-0.05, 0) is 36.0 Å². The smallest absolute Gasteiger partial charge is 0.335 e. The molecule has 0 radical (unpaired) electrons. The highest BCUT2D eigenvalue weighted by molar-refractivity contribution is 7.99. The highest BCUT2D eigenvalue weighted by Gasteiger charge is 2.08. The van der Waals surface area contributed by atoms with Crippen molar-refractivity contribution in [1.29, 1.82) is 0 Å². The van der Waals surface area contributed by atoms with Crippen LogP contribution < -0.4 is 0 Å². The highest BCUT2D eigenvalue weighted by Crippen LogP contribution is 2.25. The fourth-order valence-electron chi connectivity index (χ4n) is 1.68. The van der Waals surface area contributed by atoms with Gasteiger partial charge in [0.1, 0.15) is 5.03 Å². The summed E-state index contributed by atoms with van der Waals surface area (Å²) in [7, 11) is 0. The number of aromatic carboxylic acids is 1. The maximum atomic E-state index is 10.9. The van der Waals surface area contributed by atoms with Crippen LogP contribution in [0.4, 0.5) is 0 Å². The molecule has 0 amide bonds. The normalized spacial score (nSPS) is 10.7. The second-order valence-corrected chi connectivity index (χ2v) is 4.86. The summed E-state index contributed by atoms with van der Waals surface area (Å²) in [6.07, 6.45) is 1.48. The zero-order valence-corrected chi connectivity index (χ0v) is 10.5. The van der Waals surface area contributed by atoms with Gasteiger partial charge in [0, 0.05) is 6.20 Å². The van der Waals surface area contributed by atoms with Crippen LogP contribution in [0, 0.1) is 0 Å². The number of carbonyl (C=O) groups is 1. The Balaban J connectivity index is 1.92. The Kier molecular flexibility index (Phi) is 2.92. The highest BCUT2D eigenvalue weighted by atomic mass is 32.2. The summed E-state index contributed by atoms with van der Waals surface area (Å²) >= 11 is 1.30. The van der Waals surface area contributed by atoms with E-state index in [-0.39, 0.29) is 5.56 Å². The summed E-state index contributed by atoms with van der Waals surface area (Å²) < 4.78 is 0. The number of benzene rings is 1. The number of rotatable bonds is 3. The topological polar surface area (TPSA) is 78.9 Å². The number of hydrogen-bond donors (Lipinski definition) is 2. The van der Waals surface area contributed by atoms with Crippen molar-refractivity contribution in [1.82, 2.24) is 15.0 Å². The molecule has 0 fully saturated rings. The van der Waals surface area contributed by atoms with Crippen LogP contribution in [0.5, 0.6) is 0 Å². The summed E-state index contributed by atoms with van der Waals surface area (Å²) in [6.45, 7) is 0. The molecule has 0 aliphatic rings. The third kappa shape index (κ3) is 2.43. The molecule has 0 aliphatic carbocycles. The zero-order chi connectivity index (χ0) is 13.2. The average molecular weight is 271 g/mol. The van der Waals surface area contributed by atoms with E-state index < -0.39 is 5.97 Å². The maximum absolute atomic E-state index is 10.9. The van der Waals surface area contributed by atoms with Gasteiger partial charge in [0.15, 0.2) is 5.16 Å². The number of carboxylic acids is 1. The minimum Gasteiger partial charge on any atom is -0.478 e. The molecule has 6 heteroatoms. The Morgan fingerprint density at radius 3 is 2.89 bits per heavy atom. The quantitative estimate of drug-likeness (QED) is 0.765. The van der Waals surface area contributed by atoms with E-state index in [9.17, 15) is 4.79 Å². The molecule has 0 unspecified atom stereocenters. The molecule has 2 N–H and O–H groups in total. The lowest BCUT2D eigenvalue weighted by Gasteiger charge is -1.98. The molecule has 2 aromatic heterocycles. The van der Waals surface area contributed by atoms with Crippen LogP contribution in [-0.2, 0) is 0 Å². The van der Waals surface area contributed by atoms with E-state index in [1.54, 1.807) is 0 Å². The zero-order valence-electron chi connectivity index (χ0n) is 9.70. The molecular weight excluding hydrogens is 262 g/mol. The molecule has 2 heterocycles. The molecule has 0 atom stereocenters. The second-order valence-electron chi connectivity index (χ2n) is 3.85. The molecule has 19 heavy (non-hydrogen) atoms. The first-order valence-corrected chi connectivity index (χ1v) is 6.36. The largest absolute Gasteiger partial charge is 0.478 e. The minimum absolute atomic E-state index is 0.216. The third-order valence-corrected chi connectivity index (χ3v) is 3.37. The third-order valence-electron chi connectivity index (χ3n) is 2.55. The Hall–Kier alpha value is -2.34. The molecule has 1 aromatic carbocycles.